The van der Waals surface area contributed by atoms with Crippen LogP contribution in [0.3, 0.4) is 0 Å². The van der Waals surface area contributed by atoms with Crippen LogP contribution < -0.4 is 11.2 Å². The lowest BCUT2D eigenvalue weighted by Gasteiger charge is -2.06. The fraction of sp³-hybridized carbons (Fsp3) is 0. The Balaban J connectivity index is 1.83. The number of hydrogen-bond donors (Lipinski definition) is 2. The van der Waals surface area contributed by atoms with E-state index in [9.17, 15) is 0 Å². The molecule has 0 saturated heterocycles. The molecule has 0 amide bonds. The molecule has 0 aliphatic rings. The van der Waals surface area contributed by atoms with E-state index in [4.69, 9.17) is 11.0 Å². The van der Waals surface area contributed by atoms with Gasteiger partial charge in [0.2, 0.25) is 5.13 Å². The number of benzene rings is 2. The zero-order chi connectivity index (χ0) is 16.1. The van der Waals surface area contributed by atoms with Crippen molar-refractivity contribution in [2.24, 2.45) is 5.10 Å². The Morgan fingerprint density at radius 3 is 2.65 bits per heavy atom. The molecule has 0 saturated carbocycles. The Bertz CT molecular complexity index is 874. The monoisotopic (exact) mass is 319 g/mol. The summed E-state index contributed by atoms with van der Waals surface area (Å²) >= 11 is 1.40. The van der Waals surface area contributed by atoms with Crippen LogP contribution in [-0.2, 0) is 0 Å². The Morgan fingerprint density at radius 2 is 1.96 bits per heavy atom. The van der Waals surface area contributed by atoms with Gasteiger partial charge in [-0.15, -0.1) is 11.3 Å². The molecule has 0 atom stereocenters. The van der Waals surface area contributed by atoms with Crippen LogP contribution in [0.4, 0.5) is 10.9 Å². The molecule has 112 valence electrons. The SMILES string of the molecule is N#Cc1ccc(-c2ccccc2C=NNc2nc(N)cs2)cc1. The van der Waals surface area contributed by atoms with Crippen molar-refractivity contribution in [3.05, 3.63) is 65.0 Å². The fourth-order valence-electron chi connectivity index (χ4n) is 2.09. The number of hydrazone groups is 1. The molecule has 3 aromatic rings. The first-order valence-electron chi connectivity index (χ1n) is 6.86. The lowest BCUT2D eigenvalue weighted by molar-refractivity contribution is 1.29. The molecule has 0 aliphatic heterocycles. The number of nitrogens with one attached hydrogen (secondary N) is 1. The summed E-state index contributed by atoms with van der Waals surface area (Å²) in [6.45, 7) is 0. The van der Waals surface area contributed by atoms with E-state index in [1.807, 2.05) is 36.4 Å². The van der Waals surface area contributed by atoms with Crippen molar-refractivity contribution in [3.63, 3.8) is 0 Å². The molecule has 0 spiro atoms. The van der Waals surface area contributed by atoms with E-state index in [-0.39, 0.29) is 0 Å². The predicted octanol–water partition coefficient (Wildman–Crippen LogP) is 3.71. The second-order valence-electron chi connectivity index (χ2n) is 4.72. The number of nitriles is 1. The van der Waals surface area contributed by atoms with Gasteiger partial charge in [-0.25, -0.2) is 4.98 Å². The van der Waals surface area contributed by atoms with Crippen molar-refractivity contribution in [2.45, 2.75) is 0 Å². The first-order valence-corrected chi connectivity index (χ1v) is 7.74. The maximum atomic E-state index is 8.89. The van der Waals surface area contributed by atoms with Crippen LogP contribution >= 0.6 is 11.3 Å². The fourth-order valence-corrected chi connectivity index (χ4v) is 2.64. The average molecular weight is 319 g/mol. The highest BCUT2D eigenvalue weighted by molar-refractivity contribution is 7.14. The topological polar surface area (TPSA) is 87.1 Å². The summed E-state index contributed by atoms with van der Waals surface area (Å²) in [6, 6.07) is 17.5. The molecule has 1 heterocycles. The van der Waals surface area contributed by atoms with Crippen molar-refractivity contribution in [3.8, 4) is 17.2 Å². The van der Waals surface area contributed by atoms with Gasteiger partial charge >= 0.3 is 0 Å². The maximum absolute atomic E-state index is 8.89. The summed E-state index contributed by atoms with van der Waals surface area (Å²) in [5.41, 5.74) is 12.1. The lowest BCUT2D eigenvalue weighted by Crippen LogP contribution is -1.93. The molecule has 0 radical (unpaired) electrons. The van der Waals surface area contributed by atoms with E-state index < -0.39 is 0 Å². The van der Waals surface area contributed by atoms with Crippen molar-refractivity contribution < 1.29 is 0 Å². The molecule has 0 fully saturated rings. The second kappa shape index (κ2) is 6.73. The summed E-state index contributed by atoms with van der Waals surface area (Å²) in [5, 5.41) is 15.5. The lowest BCUT2D eigenvalue weighted by atomic mass is 9.99. The van der Waals surface area contributed by atoms with E-state index in [1.165, 1.54) is 11.3 Å². The number of nitrogens with two attached hydrogens (primary N) is 1. The van der Waals surface area contributed by atoms with Gasteiger partial charge in [0.25, 0.3) is 0 Å². The van der Waals surface area contributed by atoms with Crippen LogP contribution in [0.15, 0.2) is 59.0 Å². The largest absolute Gasteiger partial charge is 0.383 e. The predicted molar refractivity (Wildman–Crippen MR) is 94.3 cm³/mol. The summed E-state index contributed by atoms with van der Waals surface area (Å²) in [6.07, 6.45) is 1.74. The van der Waals surface area contributed by atoms with Crippen LogP contribution in [0.2, 0.25) is 0 Å². The zero-order valence-electron chi connectivity index (χ0n) is 12.1. The summed E-state index contributed by atoms with van der Waals surface area (Å²) < 4.78 is 0. The molecule has 23 heavy (non-hydrogen) atoms. The van der Waals surface area contributed by atoms with E-state index in [2.05, 4.69) is 21.6 Å². The van der Waals surface area contributed by atoms with Crippen molar-refractivity contribution in [1.82, 2.24) is 4.98 Å². The molecule has 0 aliphatic carbocycles. The summed E-state index contributed by atoms with van der Waals surface area (Å²) in [5.74, 6) is 0.477. The second-order valence-corrected chi connectivity index (χ2v) is 5.58. The van der Waals surface area contributed by atoms with Crippen LogP contribution in [0.1, 0.15) is 11.1 Å². The smallest absolute Gasteiger partial charge is 0.205 e. The van der Waals surface area contributed by atoms with E-state index in [1.54, 1.807) is 23.7 Å². The Kier molecular flexibility index (Phi) is 4.32. The summed E-state index contributed by atoms with van der Waals surface area (Å²) in [7, 11) is 0. The van der Waals surface area contributed by atoms with Gasteiger partial charge in [0, 0.05) is 10.9 Å². The summed E-state index contributed by atoms with van der Waals surface area (Å²) in [4.78, 5) is 4.08. The molecule has 3 rings (SSSR count). The highest BCUT2D eigenvalue weighted by Gasteiger charge is 2.03. The van der Waals surface area contributed by atoms with Gasteiger partial charge in [-0.2, -0.15) is 10.4 Å². The van der Waals surface area contributed by atoms with Crippen molar-refractivity contribution in [1.29, 1.82) is 5.26 Å². The molecule has 3 N–H and O–H groups in total. The zero-order valence-corrected chi connectivity index (χ0v) is 12.9. The molecule has 0 unspecified atom stereocenters. The first kappa shape index (κ1) is 14.8. The third kappa shape index (κ3) is 3.54. The van der Waals surface area contributed by atoms with Crippen LogP contribution in [0.25, 0.3) is 11.1 Å². The molecule has 2 aromatic carbocycles. The average Bonchev–Trinajstić information content (AvgIpc) is 3.01. The molecule has 1 aromatic heterocycles. The van der Waals surface area contributed by atoms with E-state index >= 15 is 0 Å². The van der Waals surface area contributed by atoms with Gasteiger partial charge in [0.1, 0.15) is 5.82 Å². The standard InChI is InChI=1S/C17H13N5S/c18-9-12-5-7-13(8-6-12)15-4-2-1-3-14(15)10-20-22-17-21-16(19)11-23-17/h1-8,10-11H,19H2,(H,21,22). The minimum absolute atomic E-state index is 0.477. The highest BCUT2D eigenvalue weighted by Crippen LogP contribution is 2.23. The minimum Gasteiger partial charge on any atom is -0.383 e. The first-order chi connectivity index (χ1) is 11.3. The molecular weight excluding hydrogens is 306 g/mol. The van der Waals surface area contributed by atoms with Gasteiger partial charge in [0.15, 0.2) is 0 Å². The van der Waals surface area contributed by atoms with Gasteiger partial charge in [0.05, 0.1) is 17.8 Å². The van der Waals surface area contributed by atoms with Gasteiger partial charge in [-0.3, -0.25) is 5.43 Å². The van der Waals surface area contributed by atoms with Crippen LogP contribution in [0, 0.1) is 11.3 Å². The van der Waals surface area contributed by atoms with Crippen LogP contribution in [-0.4, -0.2) is 11.2 Å². The normalized spacial score (nSPS) is 10.6. The van der Waals surface area contributed by atoms with Crippen molar-refractivity contribution in [2.75, 3.05) is 11.2 Å². The molecule has 5 nitrogen and oxygen atoms in total. The Morgan fingerprint density at radius 1 is 1.17 bits per heavy atom. The van der Waals surface area contributed by atoms with Crippen LogP contribution in [0.5, 0.6) is 0 Å². The number of rotatable bonds is 4. The Labute approximate surface area is 137 Å². The number of nitrogens with zero attached hydrogens (tertiary/aromatic N) is 3. The number of hydrogen-bond acceptors (Lipinski definition) is 6. The molecule has 0 bridgehead atoms. The maximum Gasteiger partial charge on any atom is 0.205 e. The van der Waals surface area contributed by atoms with Gasteiger partial charge < -0.3 is 5.73 Å². The minimum atomic E-state index is 0.477. The van der Waals surface area contributed by atoms with Gasteiger partial charge in [-0.05, 0) is 23.3 Å². The third-order valence-electron chi connectivity index (χ3n) is 3.17. The highest BCUT2D eigenvalue weighted by atomic mass is 32.1. The van der Waals surface area contributed by atoms with E-state index in [0.717, 1.165) is 16.7 Å². The Hall–Kier alpha value is -3.17. The number of aromatic nitrogens is 1. The van der Waals surface area contributed by atoms with E-state index in [0.29, 0.717) is 16.5 Å². The number of thiazole rings is 1. The molecular formula is C17H13N5S. The quantitative estimate of drug-likeness (QED) is 0.567. The van der Waals surface area contributed by atoms with Crippen molar-refractivity contribution >= 4 is 28.5 Å². The number of nitrogen functional groups attached to an aromatic ring is 1. The number of anilines is 2. The van der Waals surface area contributed by atoms with Gasteiger partial charge in [-0.1, -0.05) is 36.4 Å². The molecule has 6 heteroatoms. The third-order valence-corrected chi connectivity index (χ3v) is 3.94.